The molecule has 6 nitrogen and oxygen atoms in total. The van der Waals surface area contributed by atoms with E-state index < -0.39 is 0 Å². The summed E-state index contributed by atoms with van der Waals surface area (Å²) in [6.45, 7) is 0.219. The Kier molecular flexibility index (Phi) is 3.62. The van der Waals surface area contributed by atoms with E-state index in [0.29, 0.717) is 5.75 Å². The largest absolute Gasteiger partial charge is 0.504 e. The molecule has 2 heterocycles. The smallest absolute Gasteiger partial charge is 0.231 e. The Morgan fingerprint density at radius 1 is 1.18 bits per heavy atom. The fourth-order valence-corrected chi connectivity index (χ4v) is 4.38. The minimum Gasteiger partial charge on any atom is -0.504 e. The van der Waals surface area contributed by atoms with Crippen LogP contribution < -0.4 is 19.1 Å². The van der Waals surface area contributed by atoms with Crippen molar-refractivity contribution in [3.63, 3.8) is 0 Å². The summed E-state index contributed by atoms with van der Waals surface area (Å²) in [5, 5.41) is 12.4. The molecule has 0 aliphatic carbocycles. The summed E-state index contributed by atoms with van der Waals surface area (Å²) in [5.41, 5.74) is 3.81. The highest BCUT2D eigenvalue weighted by atomic mass is 16.7. The minimum absolute atomic E-state index is 0.0677. The zero-order valence-electron chi connectivity index (χ0n) is 15.6. The van der Waals surface area contributed by atoms with Crippen LogP contribution in [-0.2, 0) is 4.79 Å². The molecule has 28 heavy (non-hydrogen) atoms. The van der Waals surface area contributed by atoms with Gasteiger partial charge >= 0.3 is 0 Å². The highest BCUT2D eigenvalue weighted by molar-refractivity contribution is 6.05. The zero-order chi connectivity index (χ0) is 19.4. The number of methoxy groups -OCH3 is 1. The second-order valence-electron chi connectivity index (χ2n) is 7.00. The van der Waals surface area contributed by atoms with Crippen LogP contribution in [0.5, 0.6) is 23.0 Å². The standard InChI is InChI=1S/C22H19NO5/c1-23-16(7-8-24)20-13(5-6-17(25)22(20)26-2)14-4-3-12-9-18-19(28-11-27-18)10-15(12)21(14)23/h3-6,8-10,16,25H,7,11H2,1-2H3/t16-/m1/s1. The number of anilines is 1. The molecular formula is C22H19NO5. The van der Waals surface area contributed by atoms with Crippen molar-refractivity contribution in [1.82, 2.24) is 0 Å². The van der Waals surface area contributed by atoms with E-state index in [9.17, 15) is 9.90 Å². The van der Waals surface area contributed by atoms with Gasteiger partial charge in [-0.3, -0.25) is 0 Å². The number of hydrogen-bond acceptors (Lipinski definition) is 6. The van der Waals surface area contributed by atoms with Crippen LogP contribution in [0.4, 0.5) is 5.69 Å². The van der Waals surface area contributed by atoms with Crippen LogP contribution in [0, 0.1) is 0 Å². The Morgan fingerprint density at radius 3 is 2.68 bits per heavy atom. The van der Waals surface area contributed by atoms with E-state index in [4.69, 9.17) is 14.2 Å². The molecule has 3 aromatic carbocycles. The van der Waals surface area contributed by atoms with Gasteiger partial charge in [-0.2, -0.15) is 0 Å². The lowest BCUT2D eigenvalue weighted by Gasteiger charge is -2.38. The molecule has 2 aliphatic rings. The van der Waals surface area contributed by atoms with E-state index in [0.717, 1.165) is 50.9 Å². The first kappa shape index (κ1) is 16.7. The van der Waals surface area contributed by atoms with Crippen LogP contribution in [0.25, 0.3) is 21.9 Å². The third-order valence-electron chi connectivity index (χ3n) is 5.63. The summed E-state index contributed by atoms with van der Waals surface area (Å²) in [6, 6.07) is 11.3. The van der Waals surface area contributed by atoms with Gasteiger partial charge in [-0.05, 0) is 35.2 Å². The average Bonchev–Trinajstić information content (AvgIpc) is 3.16. The number of carbonyl (C=O) groups is 1. The number of phenols is 1. The first-order valence-electron chi connectivity index (χ1n) is 9.07. The molecule has 142 valence electrons. The molecule has 0 aromatic heterocycles. The van der Waals surface area contributed by atoms with Crippen LogP contribution in [0.15, 0.2) is 36.4 Å². The molecule has 0 bridgehead atoms. The first-order chi connectivity index (χ1) is 13.6. The lowest BCUT2D eigenvalue weighted by Crippen LogP contribution is -2.29. The lowest BCUT2D eigenvalue weighted by atomic mass is 9.84. The van der Waals surface area contributed by atoms with E-state index in [1.807, 2.05) is 31.3 Å². The molecule has 0 unspecified atom stereocenters. The van der Waals surface area contributed by atoms with Crippen molar-refractivity contribution in [1.29, 1.82) is 0 Å². The number of ether oxygens (including phenoxy) is 3. The van der Waals surface area contributed by atoms with Crippen LogP contribution in [0.3, 0.4) is 0 Å². The van der Waals surface area contributed by atoms with Crippen molar-refractivity contribution in [2.24, 2.45) is 0 Å². The second-order valence-corrected chi connectivity index (χ2v) is 7.00. The second kappa shape index (κ2) is 6.05. The van der Waals surface area contributed by atoms with E-state index in [2.05, 4.69) is 11.0 Å². The van der Waals surface area contributed by atoms with Crippen LogP contribution in [0.1, 0.15) is 18.0 Å². The molecule has 3 aromatic rings. The number of aldehydes is 1. The summed E-state index contributed by atoms with van der Waals surface area (Å²) < 4.78 is 16.6. The van der Waals surface area contributed by atoms with E-state index in [1.165, 1.54) is 7.11 Å². The predicted octanol–water partition coefficient (Wildman–Crippen LogP) is 4.03. The molecule has 0 saturated heterocycles. The van der Waals surface area contributed by atoms with E-state index in [-0.39, 0.29) is 25.0 Å². The molecule has 5 rings (SSSR count). The normalized spacial score (nSPS) is 16.6. The summed E-state index contributed by atoms with van der Waals surface area (Å²) >= 11 is 0. The van der Waals surface area contributed by atoms with Crippen molar-refractivity contribution in [2.45, 2.75) is 12.5 Å². The van der Waals surface area contributed by atoms with Gasteiger partial charge in [0.25, 0.3) is 0 Å². The van der Waals surface area contributed by atoms with Gasteiger partial charge in [0, 0.05) is 30.0 Å². The van der Waals surface area contributed by atoms with E-state index >= 15 is 0 Å². The van der Waals surface area contributed by atoms with Gasteiger partial charge in [-0.15, -0.1) is 0 Å². The third kappa shape index (κ3) is 2.17. The maximum absolute atomic E-state index is 11.5. The summed E-state index contributed by atoms with van der Waals surface area (Å²) in [6.07, 6.45) is 1.18. The van der Waals surface area contributed by atoms with Crippen LogP contribution in [0.2, 0.25) is 0 Å². The van der Waals surface area contributed by atoms with Crippen molar-refractivity contribution >= 4 is 22.7 Å². The summed E-state index contributed by atoms with van der Waals surface area (Å²) in [4.78, 5) is 13.6. The molecule has 6 heteroatoms. The predicted molar refractivity (Wildman–Crippen MR) is 106 cm³/mol. The molecule has 0 radical (unpaired) electrons. The Morgan fingerprint density at radius 2 is 1.93 bits per heavy atom. The van der Waals surface area contributed by atoms with Gasteiger partial charge in [0.05, 0.1) is 18.8 Å². The molecule has 1 N–H and O–H groups in total. The molecule has 0 saturated carbocycles. The molecule has 0 amide bonds. The Hall–Kier alpha value is -3.41. The van der Waals surface area contributed by atoms with Crippen LogP contribution in [-0.4, -0.2) is 32.3 Å². The van der Waals surface area contributed by atoms with Crippen LogP contribution >= 0.6 is 0 Å². The monoisotopic (exact) mass is 377 g/mol. The van der Waals surface area contributed by atoms with Gasteiger partial charge < -0.3 is 29.0 Å². The molecule has 0 fully saturated rings. The highest BCUT2D eigenvalue weighted by Gasteiger charge is 2.34. The number of benzene rings is 3. The summed E-state index contributed by atoms with van der Waals surface area (Å²) in [5.74, 6) is 1.93. The van der Waals surface area contributed by atoms with Crippen molar-refractivity contribution in [2.75, 3.05) is 25.9 Å². The van der Waals surface area contributed by atoms with Gasteiger partial charge in [-0.25, -0.2) is 0 Å². The minimum atomic E-state index is -0.252. The Bertz CT molecular complexity index is 1120. The fourth-order valence-electron chi connectivity index (χ4n) is 4.38. The molecular weight excluding hydrogens is 358 g/mol. The average molecular weight is 377 g/mol. The number of rotatable bonds is 3. The van der Waals surface area contributed by atoms with Gasteiger partial charge in [0.2, 0.25) is 6.79 Å². The fraction of sp³-hybridized carbons (Fsp3) is 0.227. The van der Waals surface area contributed by atoms with Crippen molar-refractivity contribution in [3.05, 3.63) is 42.0 Å². The van der Waals surface area contributed by atoms with E-state index in [1.54, 1.807) is 6.07 Å². The molecule has 1 atom stereocenters. The first-order valence-corrected chi connectivity index (χ1v) is 9.07. The van der Waals surface area contributed by atoms with Gasteiger partial charge in [0.1, 0.15) is 6.29 Å². The number of aromatic hydroxyl groups is 1. The molecule has 2 aliphatic heterocycles. The maximum Gasteiger partial charge on any atom is 0.231 e. The Labute approximate surface area is 161 Å². The number of nitrogens with zero attached hydrogens (tertiary/aromatic N) is 1. The number of hydrogen-bond donors (Lipinski definition) is 1. The Balaban J connectivity index is 1.85. The quantitative estimate of drug-likeness (QED) is 0.695. The zero-order valence-corrected chi connectivity index (χ0v) is 15.6. The van der Waals surface area contributed by atoms with Gasteiger partial charge in [0.15, 0.2) is 23.0 Å². The molecule has 0 spiro atoms. The number of carbonyl (C=O) groups excluding carboxylic acids is 1. The van der Waals surface area contributed by atoms with Crippen molar-refractivity contribution < 1.29 is 24.1 Å². The number of fused-ring (bicyclic) bond motifs is 6. The topological polar surface area (TPSA) is 68.2 Å². The third-order valence-corrected chi connectivity index (χ3v) is 5.63. The SMILES string of the molecule is COc1c(O)ccc2c1[C@@H](CC=O)N(C)c1c-2ccc2cc3c(cc12)OCO3. The summed E-state index contributed by atoms with van der Waals surface area (Å²) in [7, 11) is 3.49. The lowest BCUT2D eigenvalue weighted by molar-refractivity contribution is -0.108. The number of phenolic OH excluding ortho intramolecular Hbond substituents is 1. The van der Waals surface area contributed by atoms with Crippen molar-refractivity contribution in [3.8, 4) is 34.1 Å². The maximum atomic E-state index is 11.5. The highest BCUT2D eigenvalue weighted by Crippen LogP contribution is 2.53. The van der Waals surface area contributed by atoms with Gasteiger partial charge in [-0.1, -0.05) is 12.1 Å².